The van der Waals surface area contributed by atoms with E-state index in [9.17, 15) is 9.59 Å². The molecule has 0 aliphatic heterocycles. The third-order valence-corrected chi connectivity index (χ3v) is 2.14. The fourth-order valence-corrected chi connectivity index (χ4v) is 1.46. The van der Waals surface area contributed by atoms with E-state index in [4.69, 9.17) is 16.7 Å². The molecule has 4 nitrogen and oxygen atoms in total. The summed E-state index contributed by atoms with van der Waals surface area (Å²) in [5.74, 6) is -1.18. The van der Waals surface area contributed by atoms with Crippen LogP contribution in [-0.4, -0.2) is 28.4 Å². The molecule has 1 unspecified atom stereocenters. The van der Waals surface area contributed by atoms with E-state index in [-0.39, 0.29) is 18.2 Å². The van der Waals surface area contributed by atoms with Gasteiger partial charge in [-0.25, -0.2) is 4.79 Å². The third-order valence-electron chi connectivity index (χ3n) is 1.95. The van der Waals surface area contributed by atoms with Crippen molar-refractivity contribution in [2.24, 2.45) is 0 Å². The molecule has 0 fully saturated rings. The Morgan fingerprint density at radius 1 is 1.54 bits per heavy atom. The van der Waals surface area contributed by atoms with Crippen LogP contribution in [0.4, 0.5) is 0 Å². The van der Waals surface area contributed by atoms with Crippen molar-refractivity contribution in [1.82, 2.24) is 5.32 Å². The summed E-state index contributed by atoms with van der Waals surface area (Å²) in [6.45, 7) is 3.00. The molecular weight excluding hydrogens is 194 g/mol. The molecule has 0 aromatic rings. The molecule has 13 heavy (non-hydrogen) atoms. The second-order valence-electron chi connectivity index (χ2n) is 2.86. The first-order valence-electron chi connectivity index (χ1n) is 4.06. The Kier molecular flexibility index (Phi) is 4.77. The lowest BCUT2D eigenvalue weighted by atomic mass is 9.93. The van der Waals surface area contributed by atoms with Crippen LogP contribution in [-0.2, 0) is 9.59 Å². The average Bonchev–Trinajstić information content (AvgIpc) is 2.02. The van der Waals surface area contributed by atoms with Gasteiger partial charge in [0.25, 0.3) is 0 Å². The minimum absolute atomic E-state index is 0.209. The molecule has 0 saturated heterocycles. The molecule has 2 N–H and O–H groups in total. The number of carbonyl (C=O) groups excluding carboxylic acids is 1. The molecule has 0 aromatic carbocycles. The molecule has 0 rings (SSSR count). The van der Waals surface area contributed by atoms with Gasteiger partial charge in [0.1, 0.15) is 5.54 Å². The number of carbonyl (C=O) groups is 2. The number of nitrogens with one attached hydrogen (secondary N) is 1. The Morgan fingerprint density at radius 2 is 2.08 bits per heavy atom. The summed E-state index contributed by atoms with van der Waals surface area (Å²) in [5.41, 5.74) is -1.20. The Morgan fingerprint density at radius 3 is 2.31 bits per heavy atom. The number of hydrogen-bond acceptors (Lipinski definition) is 2. The summed E-state index contributed by atoms with van der Waals surface area (Å²) in [6.07, 6.45) is 0.564. The van der Waals surface area contributed by atoms with Crippen LogP contribution >= 0.6 is 11.6 Å². The maximum atomic E-state index is 10.9. The fourth-order valence-electron chi connectivity index (χ4n) is 1.14. The Hall–Kier alpha value is -0.770. The van der Waals surface area contributed by atoms with Crippen LogP contribution in [0.5, 0.6) is 0 Å². The third kappa shape index (κ3) is 3.22. The average molecular weight is 208 g/mol. The van der Waals surface area contributed by atoms with Gasteiger partial charge in [0.15, 0.2) is 0 Å². The topological polar surface area (TPSA) is 66.4 Å². The first-order valence-corrected chi connectivity index (χ1v) is 4.60. The Labute approximate surface area is 82.3 Å². The van der Waals surface area contributed by atoms with E-state index in [0.717, 1.165) is 0 Å². The Bertz CT molecular complexity index is 208. The number of hydrogen-bond donors (Lipinski definition) is 2. The van der Waals surface area contributed by atoms with Gasteiger partial charge in [0, 0.05) is 12.8 Å². The molecule has 0 saturated carbocycles. The summed E-state index contributed by atoms with van der Waals surface area (Å²) in [5, 5.41) is 11.4. The quantitative estimate of drug-likeness (QED) is 0.661. The van der Waals surface area contributed by atoms with Crippen molar-refractivity contribution in [2.45, 2.75) is 32.2 Å². The molecule has 76 valence electrons. The summed E-state index contributed by atoms with van der Waals surface area (Å²) < 4.78 is 0. The number of carboxylic acid groups (broad SMARTS) is 1. The summed E-state index contributed by atoms with van der Waals surface area (Å²) in [7, 11) is 0. The SMILES string of the molecule is CCC(CCCl)(NC(C)=O)C(=O)O. The van der Waals surface area contributed by atoms with Gasteiger partial charge in [0.2, 0.25) is 5.91 Å². The minimum atomic E-state index is -1.20. The van der Waals surface area contributed by atoms with Crippen molar-refractivity contribution in [3.8, 4) is 0 Å². The highest BCUT2D eigenvalue weighted by atomic mass is 35.5. The molecule has 1 amide bonds. The van der Waals surface area contributed by atoms with Crippen LogP contribution in [0.3, 0.4) is 0 Å². The molecule has 0 spiro atoms. The van der Waals surface area contributed by atoms with Crippen LogP contribution in [0.2, 0.25) is 0 Å². The van der Waals surface area contributed by atoms with Crippen LogP contribution in [0.15, 0.2) is 0 Å². The number of halogens is 1. The zero-order valence-electron chi connectivity index (χ0n) is 7.76. The smallest absolute Gasteiger partial charge is 0.329 e. The number of rotatable bonds is 5. The summed E-state index contributed by atoms with van der Waals surface area (Å²) in [4.78, 5) is 21.7. The van der Waals surface area contributed by atoms with Crippen molar-refractivity contribution < 1.29 is 14.7 Å². The second-order valence-corrected chi connectivity index (χ2v) is 3.24. The molecule has 5 heteroatoms. The van der Waals surface area contributed by atoms with Gasteiger partial charge in [-0.3, -0.25) is 4.79 Å². The van der Waals surface area contributed by atoms with Crippen molar-refractivity contribution in [1.29, 1.82) is 0 Å². The number of amides is 1. The van der Waals surface area contributed by atoms with E-state index < -0.39 is 11.5 Å². The molecule has 0 aliphatic rings. The fraction of sp³-hybridized carbons (Fsp3) is 0.750. The van der Waals surface area contributed by atoms with Gasteiger partial charge in [-0.05, 0) is 12.8 Å². The maximum absolute atomic E-state index is 10.9. The van der Waals surface area contributed by atoms with E-state index >= 15 is 0 Å². The molecule has 0 bridgehead atoms. The normalized spacial score (nSPS) is 14.7. The first kappa shape index (κ1) is 12.2. The van der Waals surface area contributed by atoms with Crippen molar-refractivity contribution in [3.63, 3.8) is 0 Å². The predicted octanol–water partition coefficient (Wildman–Crippen LogP) is 0.985. The minimum Gasteiger partial charge on any atom is -0.480 e. The number of carboxylic acids is 1. The molecule has 0 aromatic heterocycles. The van der Waals surface area contributed by atoms with Gasteiger partial charge in [-0.15, -0.1) is 11.6 Å². The number of aliphatic carboxylic acids is 1. The van der Waals surface area contributed by atoms with Crippen molar-refractivity contribution in [3.05, 3.63) is 0 Å². The maximum Gasteiger partial charge on any atom is 0.329 e. The lowest BCUT2D eigenvalue weighted by Crippen LogP contribution is -2.53. The van der Waals surface area contributed by atoms with Gasteiger partial charge in [0.05, 0.1) is 0 Å². The largest absolute Gasteiger partial charge is 0.480 e. The molecule has 0 aliphatic carbocycles. The monoisotopic (exact) mass is 207 g/mol. The highest BCUT2D eigenvalue weighted by Crippen LogP contribution is 2.16. The standard InChI is InChI=1S/C8H14ClNO3/c1-3-8(4-5-9,7(12)13)10-6(2)11/h3-5H2,1-2H3,(H,10,11)(H,12,13). The number of alkyl halides is 1. The molecule has 1 atom stereocenters. The summed E-state index contributed by atoms with van der Waals surface area (Å²) >= 11 is 5.48. The van der Waals surface area contributed by atoms with Crippen LogP contribution in [0, 0.1) is 0 Å². The van der Waals surface area contributed by atoms with E-state index in [1.807, 2.05) is 0 Å². The first-order chi connectivity index (χ1) is 5.98. The van der Waals surface area contributed by atoms with E-state index in [2.05, 4.69) is 5.32 Å². The predicted molar refractivity (Wildman–Crippen MR) is 49.8 cm³/mol. The van der Waals surface area contributed by atoms with Gasteiger partial charge in [-0.2, -0.15) is 0 Å². The summed E-state index contributed by atoms with van der Waals surface area (Å²) in [6, 6.07) is 0. The van der Waals surface area contributed by atoms with E-state index in [0.29, 0.717) is 6.42 Å². The highest BCUT2D eigenvalue weighted by molar-refractivity contribution is 6.18. The van der Waals surface area contributed by atoms with E-state index in [1.54, 1.807) is 6.92 Å². The lowest BCUT2D eigenvalue weighted by molar-refractivity contribution is -0.147. The Balaban J connectivity index is 4.64. The van der Waals surface area contributed by atoms with Crippen molar-refractivity contribution in [2.75, 3.05) is 5.88 Å². The van der Waals surface area contributed by atoms with Gasteiger partial charge in [-0.1, -0.05) is 6.92 Å². The second kappa shape index (κ2) is 5.07. The van der Waals surface area contributed by atoms with Crippen LogP contribution < -0.4 is 5.32 Å². The zero-order valence-corrected chi connectivity index (χ0v) is 8.52. The molecular formula is C8H14ClNO3. The van der Waals surface area contributed by atoms with Crippen molar-refractivity contribution >= 4 is 23.5 Å². The van der Waals surface area contributed by atoms with Crippen LogP contribution in [0.1, 0.15) is 26.7 Å². The van der Waals surface area contributed by atoms with E-state index in [1.165, 1.54) is 6.92 Å². The van der Waals surface area contributed by atoms with Crippen LogP contribution in [0.25, 0.3) is 0 Å². The zero-order chi connectivity index (χ0) is 10.5. The lowest BCUT2D eigenvalue weighted by Gasteiger charge is -2.27. The highest BCUT2D eigenvalue weighted by Gasteiger charge is 2.36. The molecule has 0 heterocycles. The molecule has 0 radical (unpaired) electrons. The van der Waals surface area contributed by atoms with Gasteiger partial charge >= 0.3 is 5.97 Å². The van der Waals surface area contributed by atoms with Gasteiger partial charge < -0.3 is 10.4 Å².